The Hall–Kier alpha value is -2.65. The van der Waals surface area contributed by atoms with E-state index in [1.165, 1.54) is 17.6 Å². The van der Waals surface area contributed by atoms with Crippen LogP contribution >= 0.6 is 27.3 Å². The van der Waals surface area contributed by atoms with Crippen LogP contribution in [0.1, 0.15) is 11.1 Å². The van der Waals surface area contributed by atoms with E-state index < -0.39 is 0 Å². The number of nitrogens with two attached hydrogens (primary N) is 1. The smallest absolute Gasteiger partial charge is 0.244 e. The van der Waals surface area contributed by atoms with Gasteiger partial charge in [0.15, 0.2) is 16.6 Å². The Kier molecular flexibility index (Phi) is 5.92. The molecule has 0 spiro atoms. The Morgan fingerprint density at radius 1 is 1.33 bits per heavy atom. The number of carbonyl (C=O) groups excluding carboxylic acids is 1. The molecule has 0 saturated heterocycles. The summed E-state index contributed by atoms with van der Waals surface area (Å²) in [5.74, 6) is 0.939. The molecule has 0 aliphatic rings. The highest BCUT2D eigenvalue weighted by Gasteiger charge is 2.11. The van der Waals surface area contributed by atoms with Gasteiger partial charge in [-0.2, -0.15) is 5.10 Å². The van der Waals surface area contributed by atoms with Crippen LogP contribution in [0, 0.1) is 0 Å². The van der Waals surface area contributed by atoms with E-state index in [-0.39, 0.29) is 12.3 Å². The minimum atomic E-state index is -0.223. The van der Waals surface area contributed by atoms with Crippen molar-refractivity contribution in [1.82, 2.24) is 10.4 Å². The monoisotopic (exact) mass is 448 g/mol. The molecule has 1 amide bonds. The minimum Gasteiger partial charge on any atom is -0.493 e. The van der Waals surface area contributed by atoms with Crippen LogP contribution in [0.4, 0.5) is 5.13 Å². The first kappa shape index (κ1) is 19.1. The van der Waals surface area contributed by atoms with E-state index in [2.05, 4.69) is 31.4 Å². The molecule has 140 valence electrons. The third kappa shape index (κ3) is 4.37. The van der Waals surface area contributed by atoms with Crippen LogP contribution in [0.5, 0.6) is 11.5 Å². The van der Waals surface area contributed by atoms with E-state index in [4.69, 9.17) is 15.2 Å². The number of hydrogen-bond acceptors (Lipinski definition) is 7. The van der Waals surface area contributed by atoms with Crippen LogP contribution in [0.3, 0.4) is 0 Å². The number of aromatic nitrogens is 1. The highest BCUT2D eigenvalue weighted by atomic mass is 79.9. The molecule has 0 radical (unpaired) electrons. The number of benzene rings is 2. The number of nitrogen functional groups attached to an aromatic ring is 1. The zero-order valence-corrected chi connectivity index (χ0v) is 17.1. The Morgan fingerprint density at radius 2 is 2.15 bits per heavy atom. The molecule has 3 aromatic rings. The number of rotatable bonds is 6. The molecule has 1 aromatic heterocycles. The molecule has 0 atom stereocenters. The molecule has 9 heteroatoms. The summed E-state index contributed by atoms with van der Waals surface area (Å²) < 4.78 is 12.2. The van der Waals surface area contributed by atoms with Gasteiger partial charge >= 0.3 is 0 Å². The molecule has 0 unspecified atom stereocenters. The Labute approximate surface area is 168 Å². The summed E-state index contributed by atoms with van der Waals surface area (Å²) in [6.45, 7) is 0. The molecule has 0 bridgehead atoms. The number of hydrazone groups is 1. The van der Waals surface area contributed by atoms with Crippen molar-refractivity contribution in [3.8, 4) is 11.5 Å². The molecule has 0 fully saturated rings. The number of amides is 1. The molecule has 0 aliphatic carbocycles. The fourth-order valence-corrected chi connectivity index (χ4v) is 3.89. The van der Waals surface area contributed by atoms with Crippen molar-refractivity contribution >= 4 is 54.7 Å². The SMILES string of the molecule is COc1ccc(/C=N\NC(=O)Cc2ccc3nc(N)sc3c2)c(Br)c1OC. The molecule has 3 rings (SSSR count). The average Bonchev–Trinajstić information content (AvgIpc) is 3.02. The van der Waals surface area contributed by atoms with Crippen LogP contribution in [0.15, 0.2) is 39.9 Å². The van der Waals surface area contributed by atoms with Gasteiger partial charge in [0.25, 0.3) is 0 Å². The first-order valence-corrected chi connectivity index (χ1v) is 9.50. The second kappa shape index (κ2) is 8.36. The fourth-order valence-electron chi connectivity index (χ4n) is 2.50. The van der Waals surface area contributed by atoms with Gasteiger partial charge in [-0.3, -0.25) is 4.79 Å². The van der Waals surface area contributed by atoms with E-state index in [0.29, 0.717) is 21.1 Å². The first-order chi connectivity index (χ1) is 13.0. The van der Waals surface area contributed by atoms with E-state index in [9.17, 15) is 4.79 Å². The van der Waals surface area contributed by atoms with E-state index in [1.54, 1.807) is 20.3 Å². The minimum absolute atomic E-state index is 0.207. The highest BCUT2D eigenvalue weighted by molar-refractivity contribution is 9.10. The van der Waals surface area contributed by atoms with Gasteiger partial charge in [-0.15, -0.1) is 0 Å². The Balaban J connectivity index is 1.66. The van der Waals surface area contributed by atoms with Crippen molar-refractivity contribution in [3.05, 3.63) is 45.9 Å². The van der Waals surface area contributed by atoms with Crippen LogP contribution in [0.2, 0.25) is 0 Å². The maximum absolute atomic E-state index is 12.1. The molecule has 27 heavy (non-hydrogen) atoms. The fraction of sp³-hybridized carbons (Fsp3) is 0.167. The van der Waals surface area contributed by atoms with Gasteiger partial charge in [0.2, 0.25) is 5.91 Å². The third-order valence-electron chi connectivity index (χ3n) is 3.74. The Morgan fingerprint density at radius 3 is 2.89 bits per heavy atom. The van der Waals surface area contributed by atoms with Gasteiger partial charge in [-0.05, 0) is 45.8 Å². The lowest BCUT2D eigenvalue weighted by Crippen LogP contribution is -2.19. The highest BCUT2D eigenvalue weighted by Crippen LogP contribution is 2.36. The van der Waals surface area contributed by atoms with Crippen molar-refractivity contribution in [2.75, 3.05) is 20.0 Å². The maximum atomic E-state index is 12.1. The topological polar surface area (TPSA) is 98.8 Å². The quantitative estimate of drug-likeness (QED) is 0.444. The number of nitrogens with zero attached hydrogens (tertiary/aromatic N) is 2. The number of carbonyl (C=O) groups is 1. The van der Waals surface area contributed by atoms with Crippen LogP contribution < -0.4 is 20.6 Å². The summed E-state index contributed by atoms with van der Waals surface area (Å²) in [6, 6.07) is 9.20. The molecule has 1 heterocycles. The van der Waals surface area contributed by atoms with Crippen molar-refractivity contribution in [2.45, 2.75) is 6.42 Å². The predicted molar refractivity (Wildman–Crippen MR) is 111 cm³/mol. The molecule has 3 N–H and O–H groups in total. The molecule has 2 aromatic carbocycles. The van der Waals surface area contributed by atoms with Gasteiger partial charge in [0.05, 0.1) is 41.5 Å². The summed E-state index contributed by atoms with van der Waals surface area (Å²) in [7, 11) is 3.12. The number of halogens is 1. The molecular formula is C18H17BrN4O3S. The summed E-state index contributed by atoms with van der Waals surface area (Å²) in [6.07, 6.45) is 1.75. The zero-order chi connectivity index (χ0) is 19.4. The standard InChI is InChI=1S/C18H17BrN4O3S/c1-25-13-6-4-11(16(19)17(13)26-2)9-21-23-15(24)8-10-3-5-12-14(7-10)27-18(20)22-12/h3-7,9H,8H2,1-2H3,(H2,20,22)(H,23,24)/b21-9-. The predicted octanol–water partition coefficient (Wildman–Crippen LogP) is 3.35. The number of nitrogens with one attached hydrogen (secondary N) is 1. The van der Waals surface area contributed by atoms with Crippen molar-refractivity contribution in [2.24, 2.45) is 5.10 Å². The lowest BCUT2D eigenvalue weighted by atomic mass is 10.1. The number of hydrogen-bond donors (Lipinski definition) is 2. The van der Waals surface area contributed by atoms with E-state index in [0.717, 1.165) is 21.3 Å². The number of anilines is 1. The van der Waals surface area contributed by atoms with Crippen LogP contribution in [0.25, 0.3) is 10.2 Å². The van der Waals surface area contributed by atoms with Crippen molar-refractivity contribution in [1.29, 1.82) is 0 Å². The summed E-state index contributed by atoms with van der Waals surface area (Å²) >= 11 is 4.85. The van der Waals surface area contributed by atoms with Gasteiger partial charge in [-0.1, -0.05) is 17.4 Å². The largest absolute Gasteiger partial charge is 0.493 e. The number of fused-ring (bicyclic) bond motifs is 1. The second-order valence-electron chi connectivity index (χ2n) is 5.53. The van der Waals surface area contributed by atoms with Crippen molar-refractivity contribution in [3.63, 3.8) is 0 Å². The van der Waals surface area contributed by atoms with Crippen LogP contribution in [-0.2, 0) is 11.2 Å². The zero-order valence-electron chi connectivity index (χ0n) is 14.7. The molecule has 0 saturated carbocycles. The Bertz CT molecular complexity index is 1020. The maximum Gasteiger partial charge on any atom is 0.244 e. The summed E-state index contributed by atoms with van der Waals surface area (Å²) in [5.41, 5.74) is 10.7. The summed E-state index contributed by atoms with van der Waals surface area (Å²) in [4.78, 5) is 16.3. The molecule has 7 nitrogen and oxygen atoms in total. The lowest BCUT2D eigenvalue weighted by Gasteiger charge is -2.10. The second-order valence-corrected chi connectivity index (χ2v) is 7.38. The van der Waals surface area contributed by atoms with Gasteiger partial charge < -0.3 is 15.2 Å². The molecule has 0 aliphatic heterocycles. The number of methoxy groups -OCH3 is 2. The third-order valence-corrected chi connectivity index (χ3v) is 5.41. The van der Waals surface area contributed by atoms with Gasteiger partial charge in [-0.25, -0.2) is 10.4 Å². The van der Waals surface area contributed by atoms with Gasteiger partial charge in [0.1, 0.15) is 0 Å². The summed E-state index contributed by atoms with van der Waals surface area (Å²) in [5, 5.41) is 4.53. The number of ether oxygens (including phenoxy) is 2. The van der Waals surface area contributed by atoms with E-state index in [1.807, 2.05) is 24.3 Å². The number of thiazole rings is 1. The average molecular weight is 449 g/mol. The van der Waals surface area contributed by atoms with Crippen molar-refractivity contribution < 1.29 is 14.3 Å². The lowest BCUT2D eigenvalue weighted by molar-refractivity contribution is -0.120. The van der Waals surface area contributed by atoms with Gasteiger partial charge in [0, 0.05) is 5.56 Å². The van der Waals surface area contributed by atoms with Crippen LogP contribution in [-0.4, -0.2) is 31.3 Å². The normalized spacial score (nSPS) is 11.1. The molecular weight excluding hydrogens is 432 g/mol. The first-order valence-electron chi connectivity index (χ1n) is 7.89. The van der Waals surface area contributed by atoms with E-state index >= 15 is 0 Å².